The average molecular weight is 505 g/mol. The molecule has 7 heteroatoms. The van der Waals surface area contributed by atoms with Gasteiger partial charge in [-0.2, -0.15) is 0 Å². The van der Waals surface area contributed by atoms with Gasteiger partial charge >= 0.3 is 0 Å². The van der Waals surface area contributed by atoms with Crippen LogP contribution >= 0.6 is 39.1 Å². The number of halogens is 3. The first-order valence-corrected chi connectivity index (χ1v) is 10.7. The van der Waals surface area contributed by atoms with Crippen molar-refractivity contribution in [3.05, 3.63) is 97.9 Å². The van der Waals surface area contributed by atoms with E-state index in [2.05, 4.69) is 15.9 Å². The van der Waals surface area contributed by atoms with E-state index in [0.29, 0.717) is 26.9 Å². The Balaban J connectivity index is 1.73. The summed E-state index contributed by atoms with van der Waals surface area (Å²) in [6.07, 6.45) is -0.394. The minimum atomic E-state index is -2.01. The van der Waals surface area contributed by atoms with Crippen LogP contribution in [0.3, 0.4) is 0 Å². The summed E-state index contributed by atoms with van der Waals surface area (Å²) in [5.41, 5.74) is -0.0556. The largest absolute Gasteiger partial charge is 0.375 e. The maximum Gasteiger partial charge on any atom is 0.264 e. The average Bonchev–Trinajstić information content (AvgIpc) is 2.91. The van der Waals surface area contributed by atoms with E-state index in [4.69, 9.17) is 23.2 Å². The second-order valence-electron chi connectivity index (χ2n) is 7.11. The third-order valence-corrected chi connectivity index (χ3v) is 6.24. The number of carbonyl (C=O) groups excluding carboxylic acids is 2. The van der Waals surface area contributed by atoms with Gasteiger partial charge in [0.2, 0.25) is 0 Å². The standard InChI is InChI=1S/C23H16BrCl2NO3/c24-16-6-3-5-14(10-16)21(28)12-23(30)18-11-17(25)8-9-20(18)27(22(23)29)13-15-4-1-2-7-19(15)26/h1-11,30H,12-13H2/t23-/m0/s1. The minimum absolute atomic E-state index is 0.167. The molecular weight excluding hydrogens is 489 g/mol. The normalized spacial score (nSPS) is 17.9. The maximum atomic E-state index is 13.4. The van der Waals surface area contributed by atoms with E-state index in [-0.39, 0.29) is 12.3 Å². The quantitative estimate of drug-likeness (QED) is 0.449. The number of anilines is 1. The van der Waals surface area contributed by atoms with Crippen LogP contribution in [0.1, 0.15) is 27.9 Å². The number of hydrogen-bond acceptors (Lipinski definition) is 3. The third-order valence-electron chi connectivity index (χ3n) is 5.14. The molecule has 3 aromatic carbocycles. The van der Waals surface area contributed by atoms with Crippen molar-refractivity contribution in [3.8, 4) is 0 Å². The van der Waals surface area contributed by atoms with Gasteiger partial charge in [-0.3, -0.25) is 9.59 Å². The smallest absolute Gasteiger partial charge is 0.264 e. The molecule has 0 aliphatic carbocycles. The fourth-order valence-corrected chi connectivity index (χ4v) is 4.41. The predicted molar refractivity (Wildman–Crippen MR) is 121 cm³/mol. The minimum Gasteiger partial charge on any atom is -0.375 e. The Morgan fingerprint density at radius 1 is 1.03 bits per heavy atom. The second kappa shape index (κ2) is 8.16. The van der Waals surface area contributed by atoms with Crippen LogP contribution in [0.25, 0.3) is 0 Å². The molecule has 0 saturated heterocycles. The van der Waals surface area contributed by atoms with Crippen molar-refractivity contribution in [2.45, 2.75) is 18.6 Å². The van der Waals surface area contributed by atoms with Crippen LogP contribution < -0.4 is 4.90 Å². The van der Waals surface area contributed by atoms with Gasteiger partial charge in [0, 0.05) is 25.6 Å². The zero-order valence-corrected chi connectivity index (χ0v) is 18.7. The van der Waals surface area contributed by atoms with Crippen molar-refractivity contribution < 1.29 is 14.7 Å². The van der Waals surface area contributed by atoms with E-state index in [1.54, 1.807) is 48.5 Å². The highest BCUT2D eigenvalue weighted by Crippen LogP contribution is 2.45. The molecular formula is C23H16BrCl2NO3. The Morgan fingerprint density at radius 2 is 1.80 bits per heavy atom. The van der Waals surface area contributed by atoms with Crippen molar-refractivity contribution in [2.24, 2.45) is 0 Å². The van der Waals surface area contributed by atoms with Gasteiger partial charge in [-0.1, -0.05) is 69.5 Å². The SMILES string of the molecule is O=C(C[C@@]1(O)C(=O)N(Cc2ccccc2Cl)c2ccc(Cl)cc21)c1cccc(Br)c1. The molecule has 1 heterocycles. The highest BCUT2D eigenvalue weighted by atomic mass is 79.9. The second-order valence-corrected chi connectivity index (χ2v) is 8.87. The van der Waals surface area contributed by atoms with Crippen LogP contribution in [-0.4, -0.2) is 16.8 Å². The first kappa shape index (κ1) is 21.1. The summed E-state index contributed by atoms with van der Waals surface area (Å²) in [6, 6.07) is 18.9. The maximum absolute atomic E-state index is 13.4. The van der Waals surface area contributed by atoms with E-state index < -0.39 is 17.9 Å². The molecule has 3 aromatic rings. The molecule has 0 bridgehead atoms. The van der Waals surface area contributed by atoms with E-state index in [0.717, 1.165) is 10.0 Å². The number of hydrogen-bond donors (Lipinski definition) is 1. The Morgan fingerprint density at radius 3 is 2.53 bits per heavy atom. The van der Waals surface area contributed by atoms with Crippen molar-refractivity contribution >= 4 is 56.5 Å². The molecule has 0 aromatic heterocycles. The highest BCUT2D eigenvalue weighted by Gasteiger charge is 2.51. The molecule has 152 valence electrons. The summed E-state index contributed by atoms with van der Waals surface area (Å²) in [7, 11) is 0. The lowest BCUT2D eigenvalue weighted by Gasteiger charge is -2.23. The molecule has 1 aliphatic rings. The summed E-state index contributed by atoms with van der Waals surface area (Å²) < 4.78 is 0.738. The number of rotatable bonds is 5. The Kier molecular flexibility index (Phi) is 5.73. The molecule has 0 fully saturated rings. The van der Waals surface area contributed by atoms with Crippen LogP contribution in [-0.2, 0) is 16.9 Å². The summed E-state index contributed by atoms with van der Waals surface area (Å²) >= 11 is 15.8. The topological polar surface area (TPSA) is 57.6 Å². The summed E-state index contributed by atoms with van der Waals surface area (Å²) in [5.74, 6) is -0.930. The van der Waals surface area contributed by atoms with E-state index in [1.165, 1.54) is 11.0 Å². The van der Waals surface area contributed by atoms with E-state index in [9.17, 15) is 14.7 Å². The molecule has 0 radical (unpaired) electrons. The van der Waals surface area contributed by atoms with Gasteiger partial charge in [0.15, 0.2) is 11.4 Å². The zero-order valence-electron chi connectivity index (χ0n) is 15.6. The van der Waals surface area contributed by atoms with Crippen molar-refractivity contribution in [3.63, 3.8) is 0 Å². The van der Waals surface area contributed by atoms with Crippen LogP contribution in [0.2, 0.25) is 10.0 Å². The van der Waals surface area contributed by atoms with Crippen molar-refractivity contribution in [2.75, 3.05) is 4.90 Å². The van der Waals surface area contributed by atoms with Crippen LogP contribution in [0.5, 0.6) is 0 Å². The third kappa shape index (κ3) is 3.79. The monoisotopic (exact) mass is 503 g/mol. The van der Waals surface area contributed by atoms with Crippen LogP contribution in [0.15, 0.2) is 71.2 Å². The van der Waals surface area contributed by atoms with Gasteiger partial charge in [0.25, 0.3) is 5.91 Å². The Bertz CT molecular complexity index is 1170. The van der Waals surface area contributed by atoms with E-state index in [1.807, 2.05) is 12.1 Å². The lowest BCUT2D eigenvalue weighted by Crippen LogP contribution is -2.41. The predicted octanol–water partition coefficient (Wildman–Crippen LogP) is 5.76. The molecule has 0 saturated carbocycles. The van der Waals surface area contributed by atoms with Gasteiger partial charge in [0.05, 0.1) is 18.7 Å². The Hall–Kier alpha value is -2.18. The molecule has 1 N–H and O–H groups in total. The fraction of sp³-hybridized carbons (Fsp3) is 0.130. The van der Waals surface area contributed by atoms with Crippen molar-refractivity contribution in [1.29, 1.82) is 0 Å². The Labute approximate surface area is 192 Å². The number of amides is 1. The highest BCUT2D eigenvalue weighted by molar-refractivity contribution is 9.10. The molecule has 4 nitrogen and oxygen atoms in total. The van der Waals surface area contributed by atoms with E-state index >= 15 is 0 Å². The number of aliphatic hydroxyl groups is 1. The molecule has 1 amide bonds. The number of carbonyl (C=O) groups is 2. The number of nitrogens with zero attached hydrogens (tertiary/aromatic N) is 1. The fourth-order valence-electron chi connectivity index (χ4n) is 3.64. The summed E-state index contributed by atoms with van der Waals surface area (Å²) in [5, 5.41) is 12.3. The number of Topliss-reactive ketones (excluding diaryl/α,β-unsaturated/α-hetero) is 1. The first-order valence-electron chi connectivity index (χ1n) is 9.16. The van der Waals surface area contributed by atoms with Crippen molar-refractivity contribution in [1.82, 2.24) is 0 Å². The van der Waals surface area contributed by atoms with Gasteiger partial charge in [-0.15, -0.1) is 0 Å². The van der Waals surface area contributed by atoms with Gasteiger partial charge in [0.1, 0.15) is 0 Å². The van der Waals surface area contributed by atoms with Crippen LogP contribution in [0, 0.1) is 0 Å². The molecule has 1 aliphatic heterocycles. The molecule has 0 spiro atoms. The lowest BCUT2D eigenvalue weighted by molar-refractivity contribution is -0.136. The number of ketones is 1. The molecule has 30 heavy (non-hydrogen) atoms. The van der Waals surface area contributed by atoms with Gasteiger partial charge in [-0.05, 0) is 42.0 Å². The number of fused-ring (bicyclic) bond motifs is 1. The summed E-state index contributed by atoms with van der Waals surface area (Å²) in [4.78, 5) is 27.7. The molecule has 1 atom stereocenters. The van der Waals surface area contributed by atoms with Gasteiger partial charge in [-0.25, -0.2) is 0 Å². The van der Waals surface area contributed by atoms with Gasteiger partial charge < -0.3 is 10.0 Å². The van der Waals surface area contributed by atoms with Crippen LogP contribution in [0.4, 0.5) is 5.69 Å². The number of benzene rings is 3. The molecule has 0 unspecified atom stereocenters. The zero-order chi connectivity index (χ0) is 21.5. The first-order chi connectivity index (χ1) is 14.3. The molecule has 4 rings (SSSR count). The summed E-state index contributed by atoms with van der Waals surface area (Å²) in [6.45, 7) is 0.167. The lowest BCUT2D eigenvalue weighted by atomic mass is 9.88.